The summed E-state index contributed by atoms with van der Waals surface area (Å²) < 4.78 is 66.9. The fourth-order valence-corrected chi connectivity index (χ4v) is 14.4. The molecule has 4 saturated heterocycles. The molecule has 22 nitrogen and oxygen atoms in total. The van der Waals surface area contributed by atoms with Crippen LogP contribution in [0.4, 0.5) is 74.4 Å². The summed E-state index contributed by atoms with van der Waals surface area (Å²) in [6, 6.07) is 59.3. The van der Waals surface area contributed by atoms with Gasteiger partial charge >= 0.3 is 11.9 Å². The van der Waals surface area contributed by atoms with Crippen LogP contribution in [0, 0.1) is 23.3 Å². The number of anilines is 10. The summed E-state index contributed by atoms with van der Waals surface area (Å²) >= 11 is 11.0. The number of pyridine rings is 6. The molecule has 0 unspecified atom stereocenters. The summed E-state index contributed by atoms with van der Waals surface area (Å²) in [5, 5.41) is 12.0. The van der Waals surface area contributed by atoms with Crippen molar-refractivity contribution >= 4 is 115 Å². The second-order valence-electron chi connectivity index (χ2n) is 27.7. The molecular formula is C90H84F4N16O6S2. The normalized spacial score (nSPS) is 14.1. The first kappa shape index (κ1) is 82.4. The number of para-hydroxylation sites is 2. The number of ether oxygens (including phenoxy) is 2. The molecule has 6 aromatic heterocycles. The highest BCUT2D eigenvalue weighted by molar-refractivity contribution is 7.81. The minimum absolute atomic E-state index is 0.160. The number of esters is 2. The van der Waals surface area contributed by atoms with Crippen molar-refractivity contribution in [2.45, 2.75) is 37.9 Å². The molecule has 4 aliphatic heterocycles. The van der Waals surface area contributed by atoms with E-state index in [4.69, 9.17) is 33.9 Å². The summed E-state index contributed by atoms with van der Waals surface area (Å²) in [5.41, 5.74) is 11.5. The molecule has 0 saturated carbocycles. The topological polar surface area (TPSA) is 232 Å². The first-order chi connectivity index (χ1) is 57.6. The average molecular weight is 1630 g/mol. The second-order valence-corrected chi connectivity index (χ2v) is 28.5. The molecule has 10 heterocycles. The first-order valence-corrected chi connectivity index (χ1v) is 39.3. The van der Waals surface area contributed by atoms with E-state index in [2.05, 4.69) is 117 Å². The molecule has 12 aromatic rings. The van der Waals surface area contributed by atoms with Crippen molar-refractivity contribution in [3.8, 4) is 0 Å². The number of halogens is 4. The molecule has 600 valence electrons. The van der Waals surface area contributed by atoms with Gasteiger partial charge in [0.05, 0.1) is 56.6 Å². The third-order valence-electron chi connectivity index (χ3n) is 20.0. The lowest BCUT2D eigenvalue weighted by molar-refractivity contribution is 0.0235. The number of hydrogen-bond donors (Lipinski definition) is 4. The van der Waals surface area contributed by atoms with E-state index in [0.717, 1.165) is 86.2 Å². The number of nitrogens with one attached hydrogen (secondary N) is 4. The molecule has 4 N–H and O–H groups in total. The van der Waals surface area contributed by atoms with Gasteiger partial charge in [-0.05, 0) is 170 Å². The largest absolute Gasteiger partial charge is 0.459 e. The van der Waals surface area contributed by atoms with E-state index in [9.17, 15) is 36.7 Å². The van der Waals surface area contributed by atoms with Crippen LogP contribution in [-0.2, 0) is 9.47 Å². The highest BCUT2D eigenvalue weighted by Crippen LogP contribution is 2.35. The predicted octanol–water partition coefficient (Wildman–Crippen LogP) is 16.1. The molecule has 4 aliphatic rings. The van der Waals surface area contributed by atoms with Crippen LogP contribution in [0.5, 0.6) is 0 Å². The van der Waals surface area contributed by atoms with E-state index in [-0.39, 0.29) is 53.4 Å². The summed E-state index contributed by atoms with van der Waals surface area (Å²) in [6.07, 6.45) is 21.4. The Bertz CT molecular complexity index is 4990. The minimum Gasteiger partial charge on any atom is -0.459 e. The third-order valence-corrected chi connectivity index (χ3v) is 20.7. The number of nitrogens with zero attached hydrogens (tertiary/aromatic N) is 12. The van der Waals surface area contributed by atoms with Gasteiger partial charge in [0.15, 0.2) is 0 Å². The molecule has 0 aliphatic carbocycles. The van der Waals surface area contributed by atoms with Crippen LogP contribution >= 0.6 is 24.4 Å². The Hall–Kier alpha value is -13.6. The van der Waals surface area contributed by atoms with E-state index in [1.165, 1.54) is 72.3 Å². The smallest absolute Gasteiger partial charge is 0.338 e. The van der Waals surface area contributed by atoms with Crippen LogP contribution in [0.3, 0.4) is 0 Å². The van der Waals surface area contributed by atoms with Crippen LogP contribution in [0.1, 0.15) is 78.2 Å². The molecule has 28 heteroatoms. The maximum absolute atomic E-state index is 14.0. The molecule has 16 rings (SSSR count). The van der Waals surface area contributed by atoms with E-state index >= 15 is 0 Å². The average Bonchev–Trinajstić information content (AvgIpc) is 0.822. The molecule has 4 fully saturated rings. The maximum Gasteiger partial charge on any atom is 0.338 e. The van der Waals surface area contributed by atoms with Crippen LogP contribution < -0.4 is 50.7 Å². The van der Waals surface area contributed by atoms with Crippen molar-refractivity contribution in [1.29, 1.82) is 0 Å². The molecule has 2 amide bonds. The van der Waals surface area contributed by atoms with Gasteiger partial charge < -0.3 is 60.1 Å². The number of piperazine rings is 2. The number of piperidine rings is 2. The molecule has 6 aromatic carbocycles. The molecule has 0 spiro atoms. The number of hydrogen-bond acceptors (Lipinski definition) is 20. The molecular weight excluding hydrogens is 1540 g/mol. The lowest BCUT2D eigenvalue weighted by Crippen LogP contribution is -2.46. The number of amides is 2. The monoisotopic (exact) mass is 1620 g/mol. The summed E-state index contributed by atoms with van der Waals surface area (Å²) in [6.45, 7) is 9.42. The summed E-state index contributed by atoms with van der Waals surface area (Å²) in [7, 11) is 0. The van der Waals surface area contributed by atoms with Gasteiger partial charge in [0.1, 0.15) is 45.5 Å². The summed E-state index contributed by atoms with van der Waals surface area (Å²) in [5.74, 6) is -2.77. The van der Waals surface area contributed by atoms with Crippen molar-refractivity contribution in [2.24, 2.45) is 0 Å². The van der Waals surface area contributed by atoms with E-state index in [1.54, 1.807) is 141 Å². The standard InChI is InChI=1S/C23H21FN4O3.C23H21FN4O2S.C22H21FN4O.C22H21FN4S/c24-18-1-2-21(20(15-18)27-22(29)16-3-9-25-10-4-16)28-13-7-19(8-14-28)31-23(30)17-5-11-26-12-6-17;24-18-1-2-21(20(15-18)27-22(31)16-3-9-25-10-4-16)28-13-7-19(8-14-28)30-23(29)17-5-11-26-12-6-17;2*23-18-6-7-21(20(16-18)25-22(28)17-8-10-24-11-9-17)27-14-12-26(13-15-27)19-4-2-1-3-5-19/h1-6,9-12,15,19H,7-8,13-14H2,(H,27,29);1-6,9-12,15,19H,7-8,13-14H2,(H,27,31);2*1-11,16H,12-15H2,(H,25,28). The van der Waals surface area contributed by atoms with Gasteiger partial charge in [0.25, 0.3) is 11.8 Å². The molecule has 0 radical (unpaired) electrons. The lowest BCUT2D eigenvalue weighted by atomic mass is 10.1. The van der Waals surface area contributed by atoms with Gasteiger partial charge in [-0.2, -0.15) is 0 Å². The van der Waals surface area contributed by atoms with Gasteiger partial charge in [0, 0.05) is 212 Å². The fourth-order valence-electron chi connectivity index (χ4n) is 13.9. The Morgan fingerprint density at radius 1 is 0.288 bits per heavy atom. The number of aromatic nitrogens is 6. The molecule has 0 bridgehead atoms. The fraction of sp³-hybridized carbons (Fsp3) is 0.200. The van der Waals surface area contributed by atoms with Crippen LogP contribution in [0.25, 0.3) is 0 Å². The first-order valence-electron chi connectivity index (χ1n) is 38.5. The highest BCUT2D eigenvalue weighted by atomic mass is 32.1. The van der Waals surface area contributed by atoms with Crippen molar-refractivity contribution in [3.63, 3.8) is 0 Å². The van der Waals surface area contributed by atoms with E-state index < -0.39 is 5.82 Å². The lowest BCUT2D eigenvalue weighted by Gasteiger charge is -2.38. The predicted molar refractivity (Wildman–Crippen MR) is 461 cm³/mol. The van der Waals surface area contributed by atoms with Crippen molar-refractivity contribution in [1.82, 2.24) is 29.9 Å². The Labute approximate surface area is 691 Å². The van der Waals surface area contributed by atoms with Gasteiger partial charge in [-0.3, -0.25) is 39.5 Å². The maximum atomic E-state index is 14.0. The quantitative estimate of drug-likeness (QED) is 0.0355. The zero-order chi connectivity index (χ0) is 82.0. The Morgan fingerprint density at radius 2 is 0.525 bits per heavy atom. The zero-order valence-electron chi connectivity index (χ0n) is 64.2. The van der Waals surface area contributed by atoms with Crippen LogP contribution in [-0.4, -0.2) is 154 Å². The number of thiocarbonyl (C=S) groups is 2. The SMILES string of the molecule is Fc1ccc(N2CCN(c3ccccc3)CC2)c(NC(=S)c2ccncc2)c1.O=C(Nc1cc(F)ccc1N1CCC(OC(=O)c2ccncc2)CC1)c1ccncc1.O=C(Nc1cc(F)ccc1N1CCN(c2ccccc2)CC1)c1ccncc1.O=C(OC1CCN(c2ccc(F)cc2NC(=S)c2ccncc2)CC1)c1ccncc1. The van der Waals surface area contributed by atoms with Gasteiger partial charge in [-0.25, -0.2) is 27.2 Å². The number of rotatable bonds is 18. The zero-order valence-corrected chi connectivity index (χ0v) is 65.8. The second kappa shape index (κ2) is 41.1. The Balaban J connectivity index is 0.000000137. The minimum atomic E-state index is -0.435. The number of benzene rings is 6. The number of carbonyl (C=O) groups excluding carboxylic acids is 4. The third kappa shape index (κ3) is 22.9. The Kier molecular flexibility index (Phi) is 28.7. The molecule has 118 heavy (non-hydrogen) atoms. The van der Waals surface area contributed by atoms with Gasteiger partial charge in [0.2, 0.25) is 0 Å². The van der Waals surface area contributed by atoms with Crippen molar-refractivity contribution < 1.29 is 46.2 Å². The van der Waals surface area contributed by atoms with E-state index in [1.807, 2.05) is 42.5 Å². The van der Waals surface area contributed by atoms with Gasteiger partial charge in [-0.15, -0.1) is 0 Å². The summed E-state index contributed by atoms with van der Waals surface area (Å²) in [4.78, 5) is 87.6. The van der Waals surface area contributed by atoms with Gasteiger partial charge in [-0.1, -0.05) is 60.8 Å². The molecule has 0 atom stereocenters. The number of carbonyl (C=O) groups is 4. The van der Waals surface area contributed by atoms with Crippen molar-refractivity contribution in [2.75, 3.05) is 129 Å². The highest BCUT2D eigenvalue weighted by Gasteiger charge is 2.29. The Morgan fingerprint density at radius 3 is 0.805 bits per heavy atom. The van der Waals surface area contributed by atoms with E-state index in [0.29, 0.717) is 107 Å². The van der Waals surface area contributed by atoms with Crippen molar-refractivity contribution in [3.05, 3.63) is 337 Å². The van der Waals surface area contributed by atoms with Crippen LogP contribution in [0.15, 0.2) is 281 Å². The van der Waals surface area contributed by atoms with Crippen LogP contribution in [0.2, 0.25) is 0 Å².